The topological polar surface area (TPSA) is 51.0 Å². The number of rotatable bonds is 3. The molecule has 0 aliphatic heterocycles. The summed E-state index contributed by atoms with van der Waals surface area (Å²) in [6.45, 7) is 1.72. The molecule has 0 spiro atoms. The van der Waals surface area contributed by atoms with Crippen LogP contribution in [-0.4, -0.2) is 10.2 Å². The molecule has 0 saturated heterocycles. The van der Waals surface area contributed by atoms with Gasteiger partial charge in [0, 0.05) is 5.69 Å². The second-order valence-electron chi connectivity index (χ2n) is 3.20. The molecule has 1 unspecified atom stereocenters. The van der Waals surface area contributed by atoms with Gasteiger partial charge in [-0.1, -0.05) is 11.2 Å². The standard InChI is InChI=1S/C10H9ClFN3O/c1-6(11)9-14-15-10(16-9)13-8-4-2-3-7(12)5-8/h2-6H,1H3,(H,13,15). The molecule has 4 nitrogen and oxygen atoms in total. The van der Waals surface area contributed by atoms with Gasteiger partial charge in [-0.2, -0.15) is 0 Å². The highest BCUT2D eigenvalue weighted by molar-refractivity contribution is 6.20. The van der Waals surface area contributed by atoms with Crippen LogP contribution in [0.25, 0.3) is 0 Å². The molecule has 1 atom stereocenters. The van der Waals surface area contributed by atoms with E-state index in [0.717, 1.165) is 0 Å². The summed E-state index contributed by atoms with van der Waals surface area (Å²) in [4.78, 5) is 0. The second-order valence-corrected chi connectivity index (χ2v) is 3.85. The molecule has 1 aromatic heterocycles. The van der Waals surface area contributed by atoms with Crippen LogP contribution in [0.4, 0.5) is 16.1 Å². The number of anilines is 2. The Morgan fingerprint density at radius 2 is 2.25 bits per heavy atom. The fraction of sp³-hybridized carbons (Fsp3) is 0.200. The van der Waals surface area contributed by atoms with Gasteiger partial charge >= 0.3 is 6.01 Å². The zero-order valence-corrected chi connectivity index (χ0v) is 9.20. The van der Waals surface area contributed by atoms with Crippen LogP contribution < -0.4 is 5.32 Å². The van der Waals surface area contributed by atoms with E-state index in [0.29, 0.717) is 11.6 Å². The molecule has 0 bridgehead atoms. The van der Waals surface area contributed by atoms with Crippen molar-refractivity contribution in [1.29, 1.82) is 0 Å². The lowest BCUT2D eigenvalue weighted by Gasteiger charge is -2.00. The number of hydrogen-bond donors (Lipinski definition) is 1. The van der Waals surface area contributed by atoms with Crippen molar-refractivity contribution in [2.75, 3.05) is 5.32 Å². The van der Waals surface area contributed by atoms with Gasteiger partial charge < -0.3 is 9.73 Å². The molecule has 2 aromatic rings. The summed E-state index contributed by atoms with van der Waals surface area (Å²) in [7, 11) is 0. The molecule has 0 saturated carbocycles. The predicted molar refractivity (Wildman–Crippen MR) is 58.2 cm³/mol. The summed E-state index contributed by atoms with van der Waals surface area (Å²) in [6.07, 6.45) is 0. The van der Waals surface area contributed by atoms with E-state index >= 15 is 0 Å². The van der Waals surface area contributed by atoms with Crippen molar-refractivity contribution in [1.82, 2.24) is 10.2 Å². The third-order valence-electron chi connectivity index (χ3n) is 1.86. The van der Waals surface area contributed by atoms with Gasteiger partial charge in [0.25, 0.3) is 0 Å². The first kappa shape index (κ1) is 10.9. The monoisotopic (exact) mass is 241 g/mol. The van der Waals surface area contributed by atoms with E-state index in [2.05, 4.69) is 15.5 Å². The zero-order valence-electron chi connectivity index (χ0n) is 8.45. The number of benzene rings is 1. The third kappa shape index (κ3) is 2.49. The summed E-state index contributed by atoms with van der Waals surface area (Å²) in [5.74, 6) is -0.0176. The van der Waals surface area contributed by atoms with Crippen molar-refractivity contribution in [2.45, 2.75) is 12.3 Å². The molecule has 0 amide bonds. The van der Waals surface area contributed by atoms with Gasteiger partial charge in [-0.15, -0.1) is 16.7 Å². The Bertz CT molecular complexity index is 486. The van der Waals surface area contributed by atoms with Crippen LogP contribution >= 0.6 is 11.6 Å². The van der Waals surface area contributed by atoms with E-state index in [1.54, 1.807) is 19.1 Å². The maximum absolute atomic E-state index is 12.9. The number of alkyl halides is 1. The van der Waals surface area contributed by atoms with Crippen molar-refractivity contribution < 1.29 is 8.81 Å². The summed E-state index contributed by atoms with van der Waals surface area (Å²) < 4.78 is 18.1. The minimum Gasteiger partial charge on any atom is -0.406 e. The van der Waals surface area contributed by atoms with E-state index in [9.17, 15) is 4.39 Å². The van der Waals surface area contributed by atoms with Crippen LogP contribution in [-0.2, 0) is 0 Å². The second kappa shape index (κ2) is 4.49. The van der Waals surface area contributed by atoms with Crippen LogP contribution in [0.5, 0.6) is 0 Å². The first-order valence-corrected chi connectivity index (χ1v) is 5.09. The summed E-state index contributed by atoms with van der Waals surface area (Å²) in [5.41, 5.74) is 0.539. The highest BCUT2D eigenvalue weighted by Gasteiger charge is 2.10. The fourth-order valence-corrected chi connectivity index (χ4v) is 1.22. The maximum Gasteiger partial charge on any atom is 0.320 e. The third-order valence-corrected chi connectivity index (χ3v) is 2.04. The van der Waals surface area contributed by atoms with Crippen molar-refractivity contribution in [2.24, 2.45) is 0 Å². The highest BCUT2D eigenvalue weighted by Crippen LogP contribution is 2.21. The van der Waals surface area contributed by atoms with Crippen molar-refractivity contribution in [3.05, 3.63) is 36.0 Å². The molecule has 6 heteroatoms. The lowest BCUT2D eigenvalue weighted by atomic mass is 10.3. The Morgan fingerprint density at radius 3 is 2.88 bits per heavy atom. The Kier molecular flexibility index (Phi) is 3.05. The normalized spacial score (nSPS) is 12.4. The first-order valence-electron chi connectivity index (χ1n) is 4.65. The van der Waals surface area contributed by atoms with Crippen LogP contribution in [0.3, 0.4) is 0 Å². The summed E-state index contributed by atoms with van der Waals surface area (Å²) >= 11 is 5.76. The highest BCUT2D eigenvalue weighted by atomic mass is 35.5. The number of nitrogens with zero attached hydrogens (tertiary/aromatic N) is 2. The number of hydrogen-bond acceptors (Lipinski definition) is 4. The summed E-state index contributed by atoms with van der Waals surface area (Å²) in [6, 6.07) is 6.14. The van der Waals surface area contributed by atoms with Crippen molar-refractivity contribution in [3.63, 3.8) is 0 Å². The molecule has 0 radical (unpaired) electrons. The van der Waals surface area contributed by atoms with Crippen molar-refractivity contribution >= 4 is 23.3 Å². The minimum atomic E-state index is -0.351. The molecule has 84 valence electrons. The van der Waals surface area contributed by atoms with E-state index < -0.39 is 0 Å². The summed E-state index contributed by atoms with van der Waals surface area (Å²) in [5, 5.41) is 9.89. The van der Waals surface area contributed by atoms with Gasteiger partial charge in [-0.3, -0.25) is 0 Å². The van der Waals surface area contributed by atoms with Gasteiger partial charge in [0.15, 0.2) is 0 Å². The average Bonchev–Trinajstić information content (AvgIpc) is 2.66. The first-order chi connectivity index (χ1) is 7.65. The molecular weight excluding hydrogens is 233 g/mol. The van der Waals surface area contributed by atoms with Gasteiger partial charge in [-0.25, -0.2) is 4.39 Å². The minimum absolute atomic E-state index is 0.188. The molecule has 16 heavy (non-hydrogen) atoms. The van der Waals surface area contributed by atoms with Gasteiger partial charge in [-0.05, 0) is 25.1 Å². The van der Waals surface area contributed by atoms with E-state index in [4.69, 9.17) is 16.0 Å². The Balaban J connectivity index is 2.14. The molecule has 0 aliphatic rings. The predicted octanol–water partition coefficient (Wildman–Crippen LogP) is 3.25. The SMILES string of the molecule is CC(Cl)c1nnc(Nc2cccc(F)c2)o1. The van der Waals surface area contributed by atoms with Crippen LogP contribution in [0.2, 0.25) is 0 Å². The Morgan fingerprint density at radius 1 is 1.44 bits per heavy atom. The fourth-order valence-electron chi connectivity index (χ4n) is 1.14. The van der Waals surface area contributed by atoms with E-state index in [1.807, 2.05) is 0 Å². The number of aromatic nitrogens is 2. The zero-order chi connectivity index (χ0) is 11.5. The Labute approximate surface area is 96.4 Å². The van der Waals surface area contributed by atoms with Gasteiger partial charge in [0.2, 0.25) is 5.89 Å². The largest absolute Gasteiger partial charge is 0.406 e. The smallest absolute Gasteiger partial charge is 0.320 e. The number of nitrogens with one attached hydrogen (secondary N) is 1. The molecule has 0 fully saturated rings. The van der Waals surface area contributed by atoms with Gasteiger partial charge in [0.1, 0.15) is 11.2 Å². The quantitative estimate of drug-likeness (QED) is 0.838. The van der Waals surface area contributed by atoms with Crippen LogP contribution in [0, 0.1) is 5.82 Å². The molecule has 0 aliphatic carbocycles. The van der Waals surface area contributed by atoms with E-state index in [1.165, 1.54) is 12.1 Å². The van der Waals surface area contributed by atoms with Crippen molar-refractivity contribution in [3.8, 4) is 0 Å². The molecule has 2 rings (SSSR count). The van der Waals surface area contributed by atoms with Gasteiger partial charge in [0.05, 0.1) is 0 Å². The lowest BCUT2D eigenvalue weighted by Crippen LogP contribution is -1.90. The molecule has 1 aromatic carbocycles. The Hall–Kier alpha value is -1.62. The van der Waals surface area contributed by atoms with Crippen LogP contribution in [0.15, 0.2) is 28.7 Å². The molecule has 1 heterocycles. The average molecular weight is 242 g/mol. The maximum atomic E-state index is 12.9. The van der Waals surface area contributed by atoms with Crippen LogP contribution in [0.1, 0.15) is 18.2 Å². The lowest BCUT2D eigenvalue weighted by molar-refractivity contribution is 0.510. The van der Waals surface area contributed by atoms with E-state index in [-0.39, 0.29) is 17.2 Å². The molecule has 1 N–H and O–H groups in total. The number of halogens is 2. The molecular formula is C10H9ClFN3O.